The maximum atomic E-state index is 12.6. The summed E-state index contributed by atoms with van der Waals surface area (Å²) in [7, 11) is 0. The summed E-state index contributed by atoms with van der Waals surface area (Å²) in [5.74, 6) is -0.532. The fourth-order valence-electron chi connectivity index (χ4n) is 4.78. The van der Waals surface area contributed by atoms with Crippen LogP contribution in [0, 0.1) is 0 Å². The van der Waals surface area contributed by atoms with Gasteiger partial charge in [-0.1, -0.05) is 99.3 Å². The normalized spacial score (nSPS) is 22.1. The van der Waals surface area contributed by atoms with E-state index in [1.54, 1.807) is 6.08 Å². The van der Waals surface area contributed by atoms with Gasteiger partial charge in [-0.15, -0.1) is 6.58 Å². The fraction of sp³-hybridized carbons (Fsp3) is 0.515. The molecule has 0 spiro atoms. The van der Waals surface area contributed by atoms with Crippen LogP contribution < -0.4 is 5.32 Å². The van der Waals surface area contributed by atoms with Crippen LogP contribution in [0.25, 0.3) is 0 Å². The number of carbonyl (C=O) groups excluding carboxylic acids is 2. The minimum atomic E-state index is -0.869. The zero-order valence-electron chi connectivity index (χ0n) is 24.4. The van der Waals surface area contributed by atoms with Gasteiger partial charge in [-0.25, -0.2) is 0 Å². The summed E-state index contributed by atoms with van der Waals surface area (Å²) in [4.78, 5) is 24.9. The monoisotopic (exact) mass is 567 g/mol. The third-order valence-corrected chi connectivity index (χ3v) is 6.86. The Bertz CT molecular complexity index is 1030. The summed E-state index contributed by atoms with van der Waals surface area (Å²) < 4.78 is 30.9. The van der Waals surface area contributed by atoms with Crippen LogP contribution in [0.3, 0.4) is 0 Å². The van der Waals surface area contributed by atoms with Gasteiger partial charge in [0.1, 0.15) is 31.0 Å². The van der Waals surface area contributed by atoms with Gasteiger partial charge in [-0.2, -0.15) is 0 Å². The molecule has 1 unspecified atom stereocenters. The molecule has 0 aromatic heterocycles. The molecule has 0 bridgehead atoms. The lowest BCUT2D eigenvalue weighted by Gasteiger charge is -2.46. The van der Waals surface area contributed by atoms with Crippen molar-refractivity contribution in [2.45, 2.75) is 96.2 Å². The van der Waals surface area contributed by atoms with Crippen LogP contribution in [-0.2, 0) is 46.5 Å². The molecule has 224 valence electrons. The van der Waals surface area contributed by atoms with Crippen LogP contribution in [-0.4, -0.2) is 55.7 Å². The number of hydrogen-bond acceptors (Lipinski definition) is 7. The van der Waals surface area contributed by atoms with Gasteiger partial charge in [0.15, 0.2) is 6.29 Å². The van der Waals surface area contributed by atoms with E-state index in [2.05, 4.69) is 18.8 Å². The maximum absolute atomic E-state index is 12.6. The first-order valence-electron chi connectivity index (χ1n) is 14.6. The number of nitrogens with one attached hydrogen (secondary N) is 1. The van der Waals surface area contributed by atoms with E-state index >= 15 is 0 Å². The van der Waals surface area contributed by atoms with E-state index in [9.17, 15) is 9.59 Å². The molecule has 2 aromatic carbocycles. The Balaban J connectivity index is 1.82. The number of unbranched alkanes of at least 4 members (excludes halogenated alkanes) is 4. The first kappa shape index (κ1) is 32.5. The molecule has 41 heavy (non-hydrogen) atoms. The van der Waals surface area contributed by atoms with Gasteiger partial charge in [0.2, 0.25) is 5.91 Å². The Hall–Kier alpha value is -3.04. The topological polar surface area (TPSA) is 92.3 Å². The SMILES string of the molecule is C=CCOC1O[C@H](COC(=O)CCCCCCC)[C@@H](OCc2ccccc2)[C@H](OCc2ccccc2)[C@H]1NC(C)=O. The van der Waals surface area contributed by atoms with E-state index in [4.69, 9.17) is 23.7 Å². The Morgan fingerprint density at radius 2 is 1.49 bits per heavy atom. The Morgan fingerprint density at radius 3 is 2.07 bits per heavy atom. The van der Waals surface area contributed by atoms with Crippen LogP contribution in [0.1, 0.15) is 63.5 Å². The lowest BCUT2D eigenvalue weighted by atomic mass is 9.95. The molecule has 8 nitrogen and oxygen atoms in total. The third-order valence-electron chi connectivity index (χ3n) is 6.86. The van der Waals surface area contributed by atoms with Crippen molar-refractivity contribution < 1.29 is 33.3 Å². The summed E-state index contributed by atoms with van der Waals surface area (Å²) in [6.07, 6.45) is 4.28. The lowest BCUT2D eigenvalue weighted by molar-refractivity contribution is -0.286. The first-order valence-corrected chi connectivity index (χ1v) is 14.6. The largest absolute Gasteiger partial charge is 0.463 e. The third kappa shape index (κ3) is 11.4. The number of amides is 1. The fourth-order valence-corrected chi connectivity index (χ4v) is 4.78. The first-order chi connectivity index (χ1) is 20.0. The molecule has 8 heteroatoms. The number of benzene rings is 2. The molecule has 1 N–H and O–H groups in total. The molecular weight excluding hydrogens is 522 g/mol. The minimum absolute atomic E-state index is 0.0286. The van der Waals surface area contributed by atoms with E-state index in [1.807, 2.05) is 60.7 Å². The van der Waals surface area contributed by atoms with Gasteiger partial charge in [0, 0.05) is 13.3 Å². The predicted molar refractivity (Wildman–Crippen MR) is 157 cm³/mol. The van der Waals surface area contributed by atoms with E-state index in [1.165, 1.54) is 6.92 Å². The molecule has 0 radical (unpaired) electrons. The predicted octanol–water partition coefficient (Wildman–Crippen LogP) is 5.49. The number of carbonyl (C=O) groups is 2. The second-order valence-electron chi connectivity index (χ2n) is 10.3. The Kier molecular flexibility index (Phi) is 14.6. The molecule has 5 atom stereocenters. The number of ether oxygens (including phenoxy) is 5. The van der Waals surface area contributed by atoms with E-state index in [0.717, 1.165) is 43.2 Å². The Morgan fingerprint density at radius 1 is 0.878 bits per heavy atom. The number of esters is 1. The summed E-state index contributed by atoms with van der Waals surface area (Å²) in [6, 6.07) is 18.9. The van der Waals surface area contributed by atoms with Crippen molar-refractivity contribution in [1.82, 2.24) is 5.32 Å². The molecule has 3 rings (SSSR count). The van der Waals surface area contributed by atoms with Crippen LogP contribution in [0.2, 0.25) is 0 Å². The highest BCUT2D eigenvalue weighted by atomic mass is 16.7. The van der Waals surface area contributed by atoms with Gasteiger partial charge in [-0.05, 0) is 17.5 Å². The molecule has 0 aliphatic carbocycles. The Labute approximate surface area is 244 Å². The smallest absolute Gasteiger partial charge is 0.305 e. The highest BCUT2D eigenvalue weighted by Gasteiger charge is 2.49. The molecule has 0 saturated carbocycles. The van der Waals surface area contributed by atoms with Crippen molar-refractivity contribution in [3.05, 3.63) is 84.4 Å². The summed E-state index contributed by atoms with van der Waals surface area (Å²) in [5, 5.41) is 2.95. The van der Waals surface area contributed by atoms with Gasteiger partial charge in [0.25, 0.3) is 0 Å². The van der Waals surface area contributed by atoms with Crippen LogP contribution in [0.4, 0.5) is 0 Å². The average Bonchev–Trinajstić information content (AvgIpc) is 2.98. The van der Waals surface area contributed by atoms with Crippen LogP contribution in [0.15, 0.2) is 73.3 Å². The van der Waals surface area contributed by atoms with Crippen molar-refractivity contribution in [1.29, 1.82) is 0 Å². The zero-order chi connectivity index (χ0) is 29.3. The number of hydrogen-bond donors (Lipinski definition) is 1. The summed E-state index contributed by atoms with van der Waals surface area (Å²) in [5.41, 5.74) is 1.94. The maximum Gasteiger partial charge on any atom is 0.305 e. The van der Waals surface area contributed by atoms with Crippen molar-refractivity contribution >= 4 is 11.9 Å². The highest BCUT2D eigenvalue weighted by Crippen LogP contribution is 2.29. The average molecular weight is 568 g/mol. The number of rotatable bonds is 18. The van der Waals surface area contributed by atoms with Crippen molar-refractivity contribution in [2.24, 2.45) is 0 Å². The molecule has 1 amide bonds. The van der Waals surface area contributed by atoms with Crippen molar-refractivity contribution in [2.75, 3.05) is 13.2 Å². The van der Waals surface area contributed by atoms with E-state index in [0.29, 0.717) is 6.42 Å². The zero-order valence-corrected chi connectivity index (χ0v) is 24.4. The molecule has 2 aromatic rings. The van der Waals surface area contributed by atoms with E-state index in [-0.39, 0.29) is 38.3 Å². The van der Waals surface area contributed by atoms with Crippen molar-refractivity contribution in [3.63, 3.8) is 0 Å². The van der Waals surface area contributed by atoms with Gasteiger partial charge in [-0.3, -0.25) is 9.59 Å². The van der Waals surface area contributed by atoms with Crippen LogP contribution in [0.5, 0.6) is 0 Å². The molecule has 1 saturated heterocycles. The molecule has 1 fully saturated rings. The van der Waals surface area contributed by atoms with E-state index < -0.39 is 30.6 Å². The summed E-state index contributed by atoms with van der Waals surface area (Å²) in [6.45, 7) is 8.07. The van der Waals surface area contributed by atoms with Crippen LogP contribution >= 0.6 is 0 Å². The highest BCUT2D eigenvalue weighted by molar-refractivity contribution is 5.73. The molecular formula is C33H45NO7. The molecule has 1 heterocycles. The van der Waals surface area contributed by atoms with Gasteiger partial charge >= 0.3 is 5.97 Å². The quantitative estimate of drug-likeness (QED) is 0.145. The van der Waals surface area contributed by atoms with Gasteiger partial charge < -0.3 is 29.0 Å². The lowest BCUT2D eigenvalue weighted by Crippen LogP contribution is -2.66. The second-order valence-corrected chi connectivity index (χ2v) is 10.3. The van der Waals surface area contributed by atoms with Crippen molar-refractivity contribution in [3.8, 4) is 0 Å². The molecule has 1 aliphatic heterocycles. The standard InChI is InChI=1S/C33H45NO7/c1-4-6-7-8-15-20-29(36)38-24-28-31(39-22-26-16-11-9-12-17-26)32(40-23-27-18-13-10-14-19-27)30(34-25(3)35)33(41-28)37-21-5-2/h5,9-14,16-19,28,30-33H,2,4,6-8,15,20-24H2,1,3H3,(H,34,35)/t28-,30-,31-,32-,33?/m1/s1. The summed E-state index contributed by atoms with van der Waals surface area (Å²) >= 11 is 0. The van der Waals surface area contributed by atoms with Gasteiger partial charge in [0.05, 0.1) is 19.8 Å². The minimum Gasteiger partial charge on any atom is -0.463 e. The molecule has 1 aliphatic rings. The second kappa shape index (κ2) is 18.4.